The van der Waals surface area contributed by atoms with Crippen LogP contribution in [0.3, 0.4) is 0 Å². The van der Waals surface area contributed by atoms with Gasteiger partial charge in [-0.15, -0.1) is 0 Å². The molecule has 0 atom stereocenters. The Labute approximate surface area is 172 Å². The maximum atomic E-state index is 12.5. The SMILES string of the molecule is Cc1ccn(-c2cccc(C(C)(C)c3cccc(N=CC=C(N)C(F)(F)F)n3)n2)n1. The van der Waals surface area contributed by atoms with Gasteiger partial charge >= 0.3 is 6.18 Å². The van der Waals surface area contributed by atoms with Crippen molar-refractivity contribution < 1.29 is 13.2 Å². The minimum atomic E-state index is -4.59. The third kappa shape index (κ3) is 4.73. The Balaban J connectivity index is 1.89. The van der Waals surface area contributed by atoms with E-state index < -0.39 is 17.3 Å². The number of allylic oxidation sites excluding steroid dienone is 2. The van der Waals surface area contributed by atoms with Crippen LogP contribution in [0.1, 0.15) is 30.9 Å². The number of halogens is 3. The van der Waals surface area contributed by atoms with Gasteiger partial charge in [0, 0.05) is 17.8 Å². The maximum Gasteiger partial charge on any atom is 0.430 e. The van der Waals surface area contributed by atoms with Gasteiger partial charge in [0.25, 0.3) is 0 Å². The topological polar surface area (TPSA) is 82.0 Å². The van der Waals surface area contributed by atoms with E-state index in [4.69, 9.17) is 10.7 Å². The van der Waals surface area contributed by atoms with Gasteiger partial charge in [0.2, 0.25) is 0 Å². The number of alkyl halides is 3. The lowest BCUT2D eigenvalue weighted by Crippen LogP contribution is -2.22. The van der Waals surface area contributed by atoms with Gasteiger partial charge in [-0.05, 0) is 57.2 Å². The first kappa shape index (κ1) is 21.2. The lowest BCUT2D eigenvalue weighted by atomic mass is 9.84. The first-order chi connectivity index (χ1) is 14.1. The molecule has 0 saturated heterocycles. The highest BCUT2D eigenvalue weighted by molar-refractivity contribution is 5.74. The lowest BCUT2D eigenvalue weighted by molar-refractivity contribution is -0.0925. The van der Waals surface area contributed by atoms with Crippen LogP contribution in [0.4, 0.5) is 19.0 Å². The Hall–Kier alpha value is -3.49. The third-order valence-electron chi connectivity index (χ3n) is 4.49. The van der Waals surface area contributed by atoms with Crippen LogP contribution in [0, 0.1) is 6.92 Å². The highest BCUT2D eigenvalue weighted by Gasteiger charge is 2.31. The molecule has 0 aliphatic heterocycles. The second kappa shape index (κ2) is 8.10. The number of hydrogen-bond donors (Lipinski definition) is 1. The smallest absolute Gasteiger partial charge is 0.395 e. The Morgan fingerprint density at radius 2 is 1.70 bits per heavy atom. The summed E-state index contributed by atoms with van der Waals surface area (Å²) in [5, 5.41) is 4.38. The highest BCUT2D eigenvalue weighted by atomic mass is 19.4. The summed E-state index contributed by atoms with van der Waals surface area (Å²) >= 11 is 0. The molecule has 0 bridgehead atoms. The fourth-order valence-corrected chi connectivity index (χ4v) is 2.70. The van der Waals surface area contributed by atoms with E-state index in [2.05, 4.69) is 15.1 Å². The monoisotopic (exact) mass is 414 g/mol. The first-order valence-electron chi connectivity index (χ1n) is 9.12. The van der Waals surface area contributed by atoms with Crippen molar-refractivity contribution in [3.05, 3.63) is 77.5 Å². The minimum absolute atomic E-state index is 0.269. The van der Waals surface area contributed by atoms with Crippen molar-refractivity contribution in [2.75, 3.05) is 0 Å². The zero-order chi connectivity index (χ0) is 21.9. The molecule has 3 aromatic rings. The molecule has 0 aliphatic rings. The van der Waals surface area contributed by atoms with E-state index in [9.17, 15) is 13.2 Å². The maximum absolute atomic E-state index is 12.5. The van der Waals surface area contributed by atoms with Gasteiger partial charge in [0.05, 0.1) is 17.1 Å². The fraction of sp³-hybridized carbons (Fsp3) is 0.238. The zero-order valence-corrected chi connectivity index (χ0v) is 16.7. The van der Waals surface area contributed by atoms with E-state index in [-0.39, 0.29) is 5.82 Å². The molecule has 0 amide bonds. The highest BCUT2D eigenvalue weighted by Crippen LogP contribution is 2.30. The standard InChI is InChI=1S/C21H21F3N6/c1-14-11-13-30(29-14)19-9-5-7-17(28-19)20(2,3)16-6-4-8-18(27-16)26-12-10-15(25)21(22,23)24/h4-13H,25H2,1-3H3. The molecule has 9 heteroatoms. The Kier molecular flexibility index (Phi) is 5.73. The summed E-state index contributed by atoms with van der Waals surface area (Å²) in [5.74, 6) is 0.946. The number of aliphatic imine (C=N–C) groups is 1. The van der Waals surface area contributed by atoms with E-state index in [0.717, 1.165) is 17.6 Å². The number of hydrogen-bond acceptors (Lipinski definition) is 5. The van der Waals surface area contributed by atoms with Crippen LogP contribution >= 0.6 is 0 Å². The number of nitrogens with two attached hydrogens (primary N) is 1. The van der Waals surface area contributed by atoms with Gasteiger partial charge in [-0.2, -0.15) is 18.3 Å². The van der Waals surface area contributed by atoms with Crippen LogP contribution in [0.2, 0.25) is 0 Å². The molecule has 3 heterocycles. The molecule has 2 N–H and O–H groups in total. The van der Waals surface area contributed by atoms with Gasteiger partial charge in [-0.25, -0.2) is 19.6 Å². The molecule has 0 unspecified atom stereocenters. The molecule has 156 valence electrons. The number of aromatic nitrogens is 4. The Morgan fingerprint density at radius 3 is 2.33 bits per heavy atom. The summed E-state index contributed by atoms with van der Waals surface area (Å²) in [7, 11) is 0. The molecule has 0 radical (unpaired) electrons. The molecular formula is C21H21F3N6. The van der Waals surface area contributed by atoms with Gasteiger partial charge in [-0.3, -0.25) is 0 Å². The molecule has 3 aromatic heterocycles. The average molecular weight is 414 g/mol. The third-order valence-corrected chi connectivity index (χ3v) is 4.49. The van der Waals surface area contributed by atoms with Crippen molar-refractivity contribution in [1.82, 2.24) is 19.7 Å². The van der Waals surface area contributed by atoms with Crippen molar-refractivity contribution in [2.45, 2.75) is 32.4 Å². The van der Waals surface area contributed by atoms with Crippen LogP contribution in [0.15, 0.2) is 65.4 Å². The van der Waals surface area contributed by atoms with Crippen molar-refractivity contribution >= 4 is 12.0 Å². The molecule has 0 fully saturated rings. The quantitative estimate of drug-likeness (QED) is 0.627. The van der Waals surface area contributed by atoms with E-state index >= 15 is 0 Å². The van der Waals surface area contributed by atoms with Crippen LogP contribution in [0.5, 0.6) is 0 Å². The van der Waals surface area contributed by atoms with Crippen LogP contribution in [-0.2, 0) is 5.41 Å². The van der Waals surface area contributed by atoms with Crippen molar-refractivity contribution in [3.63, 3.8) is 0 Å². The number of nitrogens with zero attached hydrogens (tertiary/aromatic N) is 5. The zero-order valence-electron chi connectivity index (χ0n) is 16.7. The molecule has 0 aliphatic carbocycles. The van der Waals surface area contributed by atoms with Crippen molar-refractivity contribution in [2.24, 2.45) is 10.7 Å². The second-order valence-electron chi connectivity index (χ2n) is 7.19. The van der Waals surface area contributed by atoms with Crippen molar-refractivity contribution in [3.8, 4) is 5.82 Å². The second-order valence-corrected chi connectivity index (χ2v) is 7.19. The number of rotatable bonds is 5. The lowest BCUT2D eigenvalue weighted by Gasteiger charge is -2.24. The fourth-order valence-electron chi connectivity index (χ4n) is 2.70. The number of pyridine rings is 2. The van der Waals surface area contributed by atoms with Crippen molar-refractivity contribution in [1.29, 1.82) is 0 Å². The summed E-state index contributed by atoms with van der Waals surface area (Å²) in [5.41, 5.74) is 5.48. The normalized spacial score (nSPS) is 13.2. The predicted octanol–water partition coefficient (Wildman–Crippen LogP) is 4.40. The molecule has 0 aromatic carbocycles. The van der Waals surface area contributed by atoms with E-state index in [0.29, 0.717) is 17.6 Å². The summed E-state index contributed by atoms with van der Waals surface area (Å²) in [6, 6.07) is 12.7. The molecule has 30 heavy (non-hydrogen) atoms. The van der Waals surface area contributed by atoms with E-state index in [1.807, 2.05) is 57.3 Å². The molecular weight excluding hydrogens is 393 g/mol. The van der Waals surface area contributed by atoms with Gasteiger partial charge in [-0.1, -0.05) is 12.1 Å². The molecule has 0 saturated carbocycles. The number of aryl methyl sites for hydroxylation is 1. The van der Waals surface area contributed by atoms with E-state index in [1.54, 1.807) is 16.8 Å². The van der Waals surface area contributed by atoms with Gasteiger partial charge in [0.1, 0.15) is 5.70 Å². The van der Waals surface area contributed by atoms with Gasteiger partial charge < -0.3 is 5.73 Å². The minimum Gasteiger partial charge on any atom is -0.395 e. The molecule has 6 nitrogen and oxygen atoms in total. The van der Waals surface area contributed by atoms with Crippen LogP contribution in [0.25, 0.3) is 5.82 Å². The van der Waals surface area contributed by atoms with Gasteiger partial charge in [0.15, 0.2) is 11.6 Å². The first-order valence-corrected chi connectivity index (χ1v) is 9.12. The van der Waals surface area contributed by atoms with Crippen LogP contribution in [-0.4, -0.2) is 32.1 Å². The van der Waals surface area contributed by atoms with E-state index in [1.165, 1.54) is 0 Å². The largest absolute Gasteiger partial charge is 0.430 e. The average Bonchev–Trinajstić information content (AvgIpc) is 3.14. The Bertz CT molecular complexity index is 1100. The molecule has 3 rings (SSSR count). The summed E-state index contributed by atoms with van der Waals surface area (Å²) in [6.45, 7) is 5.83. The predicted molar refractivity (Wildman–Crippen MR) is 109 cm³/mol. The summed E-state index contributed by atoms with van der Waals surface area (Å²) in [6.07, 6.45) is -1.06. The molecule has 0 spiro atoms. The summed E-state index contributed by atoms with van der Waals surface area (Å²) < 4.78 is 39.1. The Morgan fingerprint density at radius 1 is 1.03 bits per heavy atom. The summed E-state index contributed by atoms with van der Waals surface area (Å²) in [4.78, 5) is 13.2. The van der Waals surface area contributed by atoms with Crippen LogP contribution < -0.4 is 5.73 Å².